The van der Waals surface area contributed by atoms with E-state index in [4.69, 9.17) is 16.3 Å². The van der Waals surface area contributed by atoms with Gasteiger partial charge in [-0.15, -0.1) is 0 Å². The summed E-state index contributed by atoms with van der Waals surface area (Å²) in [5.41, 5.74) is 0.759. The summed E-state index contributed by atoms with van der Waals surface area (Å²) in [6.07, 6.45) is 2.25. The number of ether oxygens (including phenoxy) is 1. The Morgan fingerprint density at radius 2 is 2.15 bits per heavy atom. The average Bonchev–Trinajstić information content (AvgIpc) is 3.12. The lowest BCUT2D eigenvalue weighted by atomic mass is 10.1. The van der Waals surface area contributed by atoms with Crippen molar-refractivity contribution in [1.29, 1.82) is 0 Å². The summed E-state index contributed by atoms with van der Waals surface area (Å²) in [6.45, 7) is 6.11. The fourth-order valence-electron chi connectivity index (χ4n) is 2.85. The minimum absolute atomic E-state index is 0.0102. The third-order valence-corrected chi connectivity index (χ3v) is 4.46. The maximum Gasteiger partial charge on any atom is 0.224 e. The molecule has 2 N–H and O–H groups in total. The lowest BCUT2D eigenvalue weighted by Gasteiger charge is -2.24. The minimum Gasteiger partial charge on any atom is -0.381 e. The molecule has 144 valence electrons. The normalized spacial score (nSPS) is 17.2. The van der Waals surface area contributed by atoms with E-state index in [1.165, 1.54) is 0 Å². The Kier molecular flexibility index (Phi) is 8.71. The predicted molar refractivity (Wildman–Crippen MR) is 107 cm³/mol. The Bertz CT molecular complexity index is 586. The summed E-state index contributed by atoms with van der Waals surface area (Å²) in [5.74, 6) is 1.44. The van der Waals surface area contributed by atoms with Crippen LogP contribution in [0.2, 0.25) is 5.02 Å². The second-order valence-electron chi connectivity index (χ2n) is 6.50. The third kappa shape index (κ3) is 7.22. The van der Waals surface area contributed by atoms with Crippen molar-refractivity contribution in [2.24, 2.45) is 10.9 Å². The highest BCUT2D eigenvalue weighted by atomic mass is 35.5. The number of hydrogen-bond donors (Lipinski definition) is 2. The fraction of sp³-hybridized carbons (Fsp3) is 0.579. The van der Waals surface area contributed by atoms with Gasteiger partial charge in [0.15, 0.2) is 5.96 Å². The monoisotopic (exact) mass is 380 g/mol. The molecule has 1 fully saturated rings. The number of carbonyl (C=O) groups excluding carboxylic acids is 1. The summed E-state index contributed by atoms with van der Waals surface area (Å²) in [7, 11) is 2.05. The van der Waals surface area contributed by atoms with Gasteiger partial charge in [-0.3, -0.25) is 9.79 Å². The van der Waals surface area contributed by atoms with Crippen LogP contribution >= 0.6 is 11.6 Å². The number of hydrogen-bond acceptors (Lipinski definition) is 3. The number of anilines is 1. The van der Waals surface area contributed by atoms with Gasteiger partial charge in [0.1, 0.15) is 0 Å². The van der Waals surface area contributed by atoms with Crippen LogP contribution in [0.25, 0.3) is 0 Å². The molecule has 1 aliphatic heterocycles. The Morgan fingerprint density at radius 1 is 1.38 bits per heavy atom. The van der Waals surface area contributed by atoms with Gasteiger partial charge in [0.05, 0.1) is 6.61 Å². The van der Waals surface area contributed by atoms with Crippen LogP contribution in [-0.4, -0.2) is 56.7 Å². The van der Waals surface area contributed by atoms with Gasteiger partial charge in [0, 0.05) is 56.3 Å². The molecule has 0 radical (unpaired) electrons. The highest BCUT2D eigenvalue weighted by Crippen LogP contribution is 2.14. The van der Waals surface area contributed by atoms with Crippen molar-refractivity contribution >= 4 is 29.2 Å². The largest absolute Gasteiger partial charge is 0.381 e. The number of nitrogens with one attached hydrogen (secondary N) is 2. The number of carbonyl (C=O) groups is 1. The van der Waals surface area contributed by atoms with E-state index in [1.807, 2.05) is 7.05 Å². The fourth-order valence-corrected chi connectivity index (χ4v) is 2.98. The SMILES string of the molecule is CCNC(=NCCCC(=O)Nc1ccc(Cl)cc1)N(C)CC1CCOC1. The first kappa shape index (κ1) is 20.5. The first-order valence-electron chi connectivity index (χ1n) is 9.21. The van der Waals surface area contributed by atoms with Gasteiger partial charge in [-0.2, -0.15) is 0 Å². The van der Waals surface area contributed by atoms with Crippen LogP contribution in [0.3, 0.4) is 0 Å². The molecule has 1 amide bonds. The molecule has 2 rings (SSSR count). The molecule has 1 aromatic carbocycles. The van der Waals surface area contributed by atoms with Crippen molar-refractivity contribution < 1.29 is 9.53 Å². The highest BCUT2D eigenvalue weighted by Gasteiger charge is 2.18. The molecule has 6 nitrogen and oxygen atoms in total. The number of halogens is 1. The van der Waals surface area contributed by atoms with Crippen LogP contribution in [0.1, 0.15) is 26.2 Å². The van der Waals surface area contributed by atoms with Gasteiger partial charge in [0.2, 0.25) is 5.91 Å². The van der Waals surface area contributed by atoms with Crippen molar-refractivity contribution in [1.82, 2.24) is 10.2 Å². The molecule has 0 aromatic heterocycles. The van der Waals surface area contributed by atoms with Crippen molar-refractivity contribution in [3.8, 4) is 0 Å². The van der Waals surface area contributed by atoms with Crippen LogP contribution in [0.15, 0.2) is 29.3 Å². The summed E-state index contributed by atoms with van der Waals surface area (Å²) >= 11 is 5.84. The molecule has 0 aliphatic carbocycles. The molecule has 0 saturated carbocycles. The van der Waals surface area contributed by atoms with Crippen LogP contribution in [-0.2, 0) is 9.53 Å². The van der Waals surface area contributed by atoms with E-state index < -0.39 is 0 Å². The summed E-state index contributed by atoms with van der Waals surface area (Å²) < 4.78 is 5.44. The van der Waals surface area contributed by atoms with Crippen LogP contribution in [0.4, 0.5) is 5.69 Å². The smallest absolute Gasteiger partial charge is 0.224 e. The van der Waals surface area contributed by atoms with Gasteiger partial charge in [-0.05, 0) is 44.0 Å². The predicted octanol–water partition coefficient (Wildman–Crippen LogP) is 2.99. The molecule has 1 unspecified atom stereocenters. The first-order valence-corrected chi connectivity index (χ1v) is 9.59. The zero-order valence-corrected chi connectivity index (χ0v) is 16.4. The van der Waals surface area contributed by atoms with Gasteiger partial charge >= 0.3 is 0 Å². The summed E-state index contributed by atoms with van der Waals surface area (Å²) in [4.78, 5) is 18.8. The molecular formula is C19H29ClN4O2. The molecule has 0 bridgehead atoms. The number of nitrogens with zero attached hydrogens (tertiary/aromatic N) is 2. The van der Waals surface area contributed by atoms with E-state index in [9.17, 15) is 4.79 Å². The Morgan fingerprint density at radius 3 is 2.81 bits per heavy atom. The van der Waals surface area contributed by atoms with Crippen molar-refractivity contribution in [3.63, 3.8) is 0 Å². The Labute approximate surface area is 161 Å². The van der Waals surface area contributed by atoms with E-state index in [0.717, 1.165) is 44.4 Å². The quantitative estimate of drug-likeness (QED) is 0.413. The molecule has 7 heteroatoms. The Hall–Kier alpha value is -1.79. The van der Waals surface area contributed by atoms with Gasteiger partial charge < -0.3 is 20.3 Å². The van der Waals surface area contributed by atoms with Crippen molar-refractivity contribution in [3.05, 3.63) is 29.3 Å². The Balaban J connectivity index is 1.74. The summed E-state index contributed by atoms with van der Waals surface area (Å²) in [5, 5.41) is 6.83. The van der Waals surface area contributed by atoms with Crippen molar-refractivity contribution in [2.75, 3.05) is 45.2 Å². The zero-order valence-electron chi connectivity index (χ0n) is 15.6. The van der Waals surface area contributed by atoms with E-state index in [2.05, 4.69) is 27.4 Å². The highest BCUT2D eigenvalue weighted by molar-refractivity contribution is 6.30. The van der Waals surface area contributed by atoms with E-state index >= 15 is 0 Å². The number of rotatable bonds is 8. The lowest BCUT2D eigenvalue weighted by Crippen LogP contribution is -2.41. The molecule has 26 heavy (non-hydrogen) atoms. The minimum atomic E-state index is -0.0102. The van der Waals surface area contributed by atoms with Crippen molar-refractivity contribution in [2.45, 2.75) is 26.2 Å². The van der Waals surface area contributed by atoms with Gasteiger partial charge in [-0.25, -0.2) is 0 Å². The lowest BCUT2D eigenvalue weighted by molar-refractivity contribution is -0.116. The standard InChI is InChI=1S/C19H29ClN4O2/c1-3-21-19(24(2)13-15-10-12-26-14-15)22-11-4-5-18(25)23-17-8-6-16(20)7-9-17/h6-9,15H,3-5,10-14H2,1-2H3,(H,21,22)(H,23,25). The molecule has 0 spiro atoms. The third-order valence-electron chi connectivity index (χ3n) is 4.20. The number of amides is 1. The van der Waals surface area contributed by atoms with Crippen LogP contribution in [0.5, 0.6) is 0 Å². The van der Waals surface area contributed by atoms with Crippen LogP contribution in [0, 0.1) is 5.92 Å². The van der Waals surface area contributed by atoms with E-state index in [0.29, 0.717) is 30.3 Å². The van der Waals surface area contributed by atoms with E-state index in [-0.39, 0.29) is 5.91 Å². The maximum atomic E-state index is 12.0. The second-order valence-corrected chi connectivity index (χ2v) is 6.94. The number of aliphatic imine (C=N–C) groups is 1. The molecule has 1 aliphatic rings. The number of benzene rings is 1. The molecule has 1 atom stereocenters. The van der Waals surface area contributed by atoms with E-state index in [1.54, 1.807) is 24.3 Å². The second kappa shape index (κ2) is 11.0. The van der Waals surface area contributed by atoms with Crippen LogP contribution < -0.4 is 10.6 Å². The summed E-state index contributed by atoms with van der Waals surface area (Å²) in [6, 6.07) is 7.11. The molecular weight excluding hydrogens is 352 g/mol. The topological polar surface area (TPSA) is 66.0 Å². The average molecular weight is 381 g/mol. The molecule has 1 saturated heterocycles. The molecule has 1 heterocycles. The molecule has 1 aromatic rings. The van der Waals surface area contributed by atoms with Gasteiger partial charge in [0.25, 0.3) is 0 Å². The van der Waals surface area contributed by atoms with Gasteiger partial charge in [-0.1, -0.05) is 11.6 Å². The maximum absolute atomic E-state index is 12.0. The first-order chi connectivity index (χ1) is 12.6. The zero-order chi connectivity index (χ0) is 18.8. The number of guanidine groups is 1.